The van der Waals surface area contributed by atoms with E-state index in [4.69, 9.17) is 10.2 Å². The highest BCUT2D eigenvalue weighted by Gasteiger charge is 2.21. The molecular formula is C6H5NO4. The van der Waals surface area contributed by atoms with Crippen LogP contribution < -0.4 is 0 Å². The number of carboxylic acids is 1. The average Bonchev–Trinajstić information content (AvgIpc) is 1.94. The number of aliphatic hydroxyl groups is 1. The van der Waals surface area contributed by atoms with Gasteiger partial charge in [-0.15, -0.1) is 0 Å². The smallest absolute Gasteiger partial charge is 0.358 e. The Morgan fingerprint density at radius 3 is 2.73 bits per heavy atom. The number of allylic oxidation sites excluding steroid dienone is 1. The molecule has 1 aliphatic rings. The largest absolute Gasteiger partial charge is 0.503 e. The van der Waals surface area contributed by atoms with E-state index >= 15 is 0 Å². The molecule has 1 aliphatic heterocycles. The van der Waals surface area contributed by atoms with Gasteiger partial charge in [0.2, 0.25) is 5.78 Å². The fourth-order valence-corrected chi connectivity index (χ4v) is 0.666. The first kappa shape index (κ1) is 7.46. The van der Waals surface area contributed by atoms with Gasteiger partial charge in [0.25, 0.3) is 0 Å². The molecule has 5 nitrogen and oxygen atoms in total. The molecular weight excluding hydrogens is 150 g/mol. The van der Waals surface area contributed by atoms with Crippen molar-refractivity contribution in [1.82, 2.24) is 0 Å². The van der Waals surface area contributed by atoms with E-state index in [2.05, 4.69) is 4.99 Å². The van der Waals surface area contributed by atoms with Gasteiger partial charge < -0.3 is 10.2 Å². The fourth-order valence-electron chi connectivity index (χ4n) is 0.666. The number of aliphatic imine (C=N–C) groups is 1. The van der Waals surface area contributed by atoms with Crippen molar-refractivity contribution in [3.8, 4) is 0 Å². The van der Waals surface area contributed by atoms with Crippen LogP contribution >= 0.6 is 0 Å². The molecule has 0 aromatic heterocycles. The van der Waals surface area contributed by atoms with Gasteiger partial charge in [-0.1, -0.05) is 0 Å². The van der Waals surface area contributed by atoms with Crippen LogP contribution in [0.2, 0.25) is 0 Å². The number of hydrogen-bond acceptors (Lipinski definition) is 4. The van der Waals surface area contributed by atoms with E-state index in [1.807, 2.05) is 0 Å². The molecule has 5 heteroatoms. The molecule has 0 saturated heterocycles. The topological polar surface area (TPSA) is 87.0 Å². The fraction of sp³-hybridized carbons (Fsp3) is 0.167. The van der Waals surface area contributed by atoms with Crippen LogP contribution in [0.5, 0.6) is 0 Å². The highest BCUT2D eigenvalue weighted by molar-refractivity contribution is 6.09. The maximum absolute atomic E-state index is 10.6. The Labute approximate surface area is 61.7 Å². The van der Waals surface area contributed by atoms with Crippen molar-refractivity contribution >= 4 is 18.0 Å². The molecule has 1 rings (SSSR count). The number of aliphatic carboxylic acids is 1. The van der Waals surface area contributed by atoms with Gasteiger partial charge in [-0.05, 0) is 0 Å². The van der Waals surface area contributed by atoms with Gasteiger partial charge in [0.15, 0.2) is 11.5 Å². The highest BCUT2D eigenvalue weighted by Crippen LogP contribution is 2.10. The summed E-state index contributed by atoms with van der Waals surface area (Å²) < 4.78 is 0. The first-order chi connectivity index (χ1) is 5.13. The monoisotopic (exact) mass is 155 g/mol. The number of carbonyl (C=O) groups is 2. The van der Waals surface area contributed by atoms with E-state index in [-0.39, 0.29) is 6.42 Å². The third-order valence-corrected chi connectivity index (χ3v) is 1.19. The summed E-state index contributed by atoms with van der Waals surface area (Å²) in [5.41, 5.74) is -0.582. The predicted octanol–water partition coefficient (Wildman–Crippen LogP) is -0.116. The van der Waals surface area contributed by atoms with Crippen molar-refractivity contribution in [2.75, 3.05) is 0 Å². The lowest BCUT2D eigenvalue weighted by molar-refractivity contribution is -0.133. The zero-order valence-electron chi connectivity index (χ0n) is 5.44. The van der Waals surface area contributed by atoms with Crippen molar-refractivity contribution in [3.05, 3.63) is 11.5 Å². The van der Waals surface area contributed by atoms with E-state index in [9.17, 15) is 9.59 Å². The molecule has 0 aromatic carbocycles. The van der Waals surface area contributed by atoms with Crippen LogP contribution in [0.3, 0.4) is 0 Å². The molecule has 0 spiro atoms. The molecule has 0 radical (unpaired) electrons. The molecule has 0 bridgehead atoms. The van der Waals surface area contributed by atoms with E-state index < -0.39 is 23.2 Å². The minimum absolute atomic E-state index is 0.0391. The molecule has 11 heavy (non-hydrogen) atoms. The minimum atomic E-state index is -1.40. The standard InChI is InChI=1S/C6H5NO4/c8-3-1-2-7-4(5(3)9)6(10)11/h2,9H,1H2,(H,10,11). The second-order valence-corrected chi connectivity index (χ2v) is 1.94. The molecule has 0 amide bonds. The molecule has 0 fully saturated rings. The second-order valence-electron chi connectivity index (χ2n) is 1.94. The summed E-state index contributed by atoms with van der Waals surface area (Å²) in [5.74, 6) is -2.77. The van der Waals surface area contributed by atoms with Gasteiger partial charge >= 0.3 is 5.97 Å². The lowest BCUT2D eigenvalue weighted by Crippen LogP contribution is -2.14. The Hall–Kier alpha value is -1.65. The number of aliphatic hydroxyl groups excluding tert-OH is 1. The number of rotatable bonds is 1. The number of ketones is 1. The predicted molar refractivity (Wildman–Crippen MR) is 35.4 cm³/mol. The second kappa shape index (κ2) is 2.53. The van der Waals surface area contributed by atoms with Gasteiger partial charge in [-0.3, -0.25) is 4.79 Å². The van der Waals surface area contributed by atoms with E-state index in [0.29, 0.717) is 0 Å². The summed E-state index contributed by atoms with van der Waals surface area (Å²) in [6.45, 7) is 0. The van der Waals surface area contributed by atoms with Crippen LogP contribution in [0, 0.1) is 0 Å². The van der Waals surface area contributed by atoms with Crippen molar-refractivity contribution in [3.63, 3.8) is 0 Å². The number of carbonyl (C=O) groups excluding carboxylic acids is 1. The average molecular weight is 155 g/mol. The molecule has 2 N–H and O–H groups in total. The van der Waals surface area contributed by atoms with Crippen LogP contribution in [0.15, 0.2) is 16.4 Å². The van der Waals surface area contributed by atoms with Gasteiger partial charge in [-0.2, -0.15) is 0 Å². The van der Waals surface area contributed by atoms with E-state index in [0.717, 1.165) is 6.21 Å². The highest BCUT2D eigenvalue weighted by atomic mass is 16.4. The van der Waals surface area contributed by atoms with E-state index in [1.54, 1.807) is 0 Å². The number of hydrogen-bond donors (Lipinski definition) is 2. The summed E-state index contributed by atoms with van der Waals surface area (Å²) in [4.78, 5) is 24.2. The number of Topliss-reactive ketones (excluding diaryl/α,β-unsaturated/α-hetero) is 1. The molecule has 0 saturated carbocycles. The van der Waals surface area contributed by atoms with Crippen molar-refractivity contribution in [1.29, 1.82) is 0 Å². The normalized spacial score (nSPS) is 17.3. The summed E-state index contributed by atoms with van der Waals surface area (Å²) in [5, 5.41) is 17.2. The summed E-state index contributed by atoms with van der Waals surface area (Å²) >= 11 is 0. The summed E-state index contributed by atoms with van der Waals surface area (Å²) in [6.07, 6.45) is 1.12. The lowest BCUT2D eigenvalue weighted by Gasteiger charge is -2.03. The Morgan fingerprint density at radius 2 is 2.27 bits per heavy atom. The first-order valence-corrected chi connectivity index (χ1v) is 2.85. The molecule has 0 aliphatic carbocycles. The van der Waals surface area contributed by atoms with Gasteiger partial charge in [0.05, 0.1) is 0 Å². The van der Waals surface area contributed by atoms with Crippen LogP contribution in [-0.4, -0.2) is 28.2 Å². The lowest BCUT2D eigenvalue weighted by atomic mass is 10.2. The van der Waals surface area contributed by atoms with Gasteiger partial charge in [0, 0.05) is 12.6 Å². The third kappa shape index (κ3) is 1.26. The zero-order chi connectivity index (χ0) is 8.43. The van der Waals surface area contributed by atoms with Crippen LogP contribution in [0.4, 0.5) is 0 Å². The molecule has 1 heterocycles. The first-order valence-electron chi connectivity index (χ1n) is 2.85. The van der Waals surface area contributed by atoms with Crippen LogP contribution in [-0.2, 0) is 9.59 Å². The third-order valence-electron chi connectivity index (χ3n) is 1.19. The number of nitrogens with zero attached hydrogens (tertiary/aromatic N) is 1. The van der Waals surface area contributed by atoms with Crippen LogP contribution in [0.1, 0.15) is 6.42 Å². The maximum atomic E-state index is 10.6. The summed E-state index contributed by atoms with van der Waals surface area (Å²) in [6, 6.07) is 0. The number of carboxylic acid groups (broad SMARTS) is 1. The SMILES string of the molecule is O=C(O)C1=C(O)C(=O)CC=N1. The zero-order valence-corrected chi connectivity index (χ0v) is 5.44. The van der Waals surface area contributed by atoms with Crippen molar-refractivity contribution < 1.29 is 19.8 Å². The van der Waals surface area contributed by atoms with Crippen LogP contribution in [0.25, 0.3) is 0 Å². The summed E-state index contributed by atoms with van der Waals surface area (Å²) in [7, 11) is 0. The quantitative estimate of drug-likeness (QED) is 0.552. The minimum Gasteiger partial charge on any atom is -0.503 e. The maximum Gasteiger partial charge on any atom is 0.358 e. The molecule has 0 aromatic rings. The molecule has 58 valence electrons. The Balaban J connectivity index is 3.08. The Kier molecular flexibility index (Phi) is 1.72. The molecule has 0 unspecified atom stereocenters. The van der Waals surface area contributed by atoms with E-state index in [1.165, 1.54) is 0 Å². The van der Waals surface area contributed by atoms with Gasteiger partial charge in [-0.25, -0.2) is 9.79 Å². The Morgan fingerprint density at radius 1 is 1.64 bits per heavy atom. The van der Waals surface area contributed by atoms with Crippen molar-refractivity contribution in [2.45, 2.75) is 6.42 Å². The molecule has 0 atom stereocenters. The Bertz CT molecular complexity index is 276. The van der Waals surface area contributed by atoms with Gasteiger partial charge in [0.1, 0.15) is 0 Å². The van der Waals surface area contributed by atoms with Crippen molar-refractivity contribution in [2.24, 2.45) is 4.99 Å².